The summed E-state index contributed by atoms with van der Waals surface area (Å²) in [6.07, 6.45) is 5.70. The monoisotopic (exact) mass is 196 g/mol. The van der Waals surface area contributed by atoms with E-state index in [0.29, 0.717) is 0 Å². The largest absolute Gasteiger partial charge is 0.314 e. The van der Waals surface area contributed by atoms with Crippen LogP contribution in [0.5, 0.6) is 0 Å². The van der Waals surface area contributed by atoms with Gasteiger partial charge < -0.3 is 10.2 Å². The van der Waals surface area contributed by atoms with Gasteiger partial charge >= 0.3 is 0 Å². The van der Waals surface area contributed by atoms with E-state index in [1.807, 2.05) is 0 Å². The van der Waals surface area contributed by atoms with Crippen LogP contribution in [-0.2, 0) is 0 Å². The minimum absolute atomic E-state index is 0.773. The first kappa shape index (κ1) is 10.4. The summed E-state index contributed by atoms with van der Waals surface area (Å²) < 4.78 is 0. The van der Waals surface area contributed by atoms with Gasteiger partial charge in [-0.25, -0.2) is 0 Å². The fourth-order valence-electron chi connectivity index (χ4n) is 2.38. The molecule has 1 N–H and O–H groups in total. The van der Waals surface area contributed by atoms with Crippen molar-refractivity contribution in [1.82, 2.24) is 10.2 Å². The van der Waals surface area contributed by atoms with Gasteiger partial charge in [0.2, 0.25) is 0 Å². The average molecular weight is 196 g/mol. The molecular weight excluding hydrogens is 172 g/mol. The third-order valence-corrected chi connectivity index (χ3v) is 3.90. The van der Waals surface area contributed by atoms with Crippen molar-refractivity contribution in [3.05, 3.63) is 0 Å². The van der Waals surface area contributed by atoms with Crippen molar-refractivity contribution in [2.24, 2.45) is 11.8 Å². The molecule has 2 rings (SSSR count). The Hall–Kier alpha value is -0.0800. The first-order valence-corrected chi connectivity index (χ1v) is 6.17. The molecule has 14 heavy (non-hydrogen) atoms. The standard InChI is InChI=1S/C12H24N2/c1-10(12-3-4-12)13-9-11-5-7-14(2)8-6-11/h10-13H,3-9H2,1-2H3. The highest BCUT2D eigenvalue weighted by molar-refractivity contribution is 4.84. The number of rotatable bonds is 4. The van der Waals surface area contributed by atoms with Crippen LogP contribution in [0, 0.1) is 11.8 Å². The maximum absolute atomic E-state index is 3.71. The van der Waals surface area contributed by atoms with Gasteiger partial charge in [-0.15, -0.1) is 0 Å². The highest BCUT2D eigenvalue weighted by Crippen LogP contribution is 2.32. The Bertz CT molecular complexity index is 169. The van der Waals surface area contributed by atoms with Gasteiger partial charge in [-0.05, 0) is 71.1 Å². The lowest BCUT2D eigenvalue weighted by molar-refractivity contribution is 0.212. The van der Waals surface area contributed by atoms with Crippen LogP contribution in [0.25, 0.3) is 0 Å². The van der Waals surface area contributed by atoms with Gasteiger partial charge in [0.25, 0.3) is 0 Å². The highest BCUT2D eigenvalue weighted by atomic mass is 15.1. The highest BCUT2D eigenvalue weighted by Gasteiger charge is 2.28. The molecule has 0 spiro atoms. The van der Waals surface area contributed by atoms with Crippen molar-refractivity contribution < 1.29 is 0 Å². The second-order valence-corrected chi connectivity index (χ2v) is 5.28. The van der Waals surface area contributed by atoms with Crippen molar-refractivity contribution in [3.63, 3.8) is 0 Å². The molecule has 0 bridgehead atoms. The van der Waals surface area contributed by atoms with E-state index in [9.17, 15) is 0 Å². The zero-order valence-corrected chi connectivity index (χ0v) is 9.63. The second kappa shape index (κ2) is 4.63. The van der Waals surface area contributed by atoms with E-state index < -0.39 is 0 Å². The Labute approximate surface area is 88.1 Å². The van der Waals surface area contributed by atoms with E-state index in [1.54, 1.807) is 0 Å². The zero-order valence-electron chi connectivity index (χ0n) is 9.63. The molecular formula is C12H24N2. The molecule has 2 fully saturated rings. The van der Waals surface area contributed by atoms with Gasteiger partial charge in [-0.3, -0.25) is 0 Å². The molecule has 1 saturated heterocycles. The molecule has 0 aromatic rings. The number of nitrogens with zero attached hydrogens (tertiary/aromatic N) is 1. The van der Waals surface area contributed by atoms with E-state index in [1.165, 1.54) is 45.3 Å². The predicted octanol–water partition coefficient (Wildman–Crippen LogP) is 1.72. The van der Waals surface area contributed by atoms with Gasteiger partial charge in [-0.1, -0.05) is 0 Å². The van der Waals surface area contributed by atoms with Crippen molar-refractivity contribution in [3.8, 4) is 0 Å². The molecule has 2 nitrogen and oxygen atoms in total. The molecule has 82 valence electrons. The van der Waals surface area contributed by atoms with Gasteiger partial charge in [-0.2, -0.15) is 0 Å². The third-order valence-electron chi connectivity index (χ3n) is 3.90. The first-order chi connectivity index (χ1) is 6.75. The number of hydrogen-bond acceptors (Lipinski definition) is 2. The quantitative estimate of drug-likeness (QED) is 0.736. The minimum Gasteiger partial charge on any atom is -0.314 e. The summed E-state index contributed by atoms with van der Waals surface area (Å²) in [4.78, 5) is 2.45. The summed E-state index contributed by atoms with van der Waals surface area (Å²) >= 11 is 0. The molecule has 0 radical (unpaired) electrons. The van der Waals surface area contributed by atoms with Crippen LogP contribution < -0.4 is 5.32 Å². The van der Waals surface area contributed by atoms with Crippen LogP contribution in [-0.4, -0.2) is 37.6 Å². The van der Waals surface area contributed by atoms with Gasteiger partial charge in [0.15, 0.2) is 0 Å². The lowest BCUT2D eigenvalue weighted by atomic mass is 9.97. The topological polar surface area (TPSA) is 15.3 Å². The summed E-state index contributed by atoms with van der Waals surface area (Å²) in [5, 5.41) is 3.71. The van der Waals surface area contributed by atoms with Crippen LogP contribution >= 0.6 is 0 Å². The summed E-state index contributed by atoms with van der Waals surface area (Å²) in [7, 11) is 2.23. The van der Waals surface area contributed by atoms with E-state index in [0.717, 1.165) is 17.9 Å². The molecule has 1 aliphatic heterocycles. The molecule has 0 amide bonds. The van der Waals surface area contributed by atoms with E-state index >= 15 is 0 Å². The molecule has 1 saturated carbocycles. The Kier molecular flexibility index (Phi) is 3.45. The van der Waals surface area contributed by atoms with E-state index in [4.69, 9.17) is 0 Å². The number of nitrogens with one attached hydrogen (secondary N) is 1. The molecule has 1 unspecified atom stereocenters. The van der Waals surface area contributed by atoms with E-state index in [2.05, 4.69) is 24.2 Å². The van der Waals surface area contributed by atoms with Crippen molar-refractivity contribution in [1.29, 1.82) is 0 Å². The summed E-state index contributed by atoms with van der Waals surface area (Å²) in [5.74, 6) is 1.94. The molecule has 2 heteroatoms. The van der Waals surface area contributed by atoms with E-state index in [-0.39, 0.29) is 0 Å². The van der Waals surface area contributed by atoms with Crippen molar-refractivity contribution in [2.45, 2.75) is 38.6 Å². The number of likely N-dealkylation sites (tertiary alicyclic amines) is 1. The Morgan fingerprint density at radius 3 is 2.43 bits per heavy atom. The van der Waals surface area contributed by atoms with Crippen LogP contribution in [0.15, 0.2) is 0 Å². The summed E-state index contributed by atoms with van der Waals surface area (Å²) in [5.41, 5.74) is 0. The van der Waals surface area contributed by atoms with Gasteiger partial charge in [0.05, 0.1) is 0 Å². The summed E-state index contributed by atoms with van der Waals surface area (Å²) in [6.45, 7) is 6.20. The van der Waals surface area contributed by atoms with Crippen LogP contribution in [0.2, 0.25) is 0 Å². The predicted molar refractivity (Wildman–Crippen MR) is 60.4 cm³/mol. The van der Waals surface area contributed by atoms with Crippen molar-refractivity contribution in [2.75, 3.05) is 26.7 Å². The van der Waals surface area contributed by atoms with Crippen LogP contribution in [0.4, 0.5) is 0 Å². The van der Waals surface area contributed by atoms with Crippen LogP contribution in [0.1, 0.15) is 32.6 Å². The lowest BCUT2D eigenvalue weighted by Gasteiger charge is -2.30. The number of piperidine rings is 1. The first-order valence-electron chi connectivity index (χ1n) is 6.17. The molecule has 1 aliphatic carbocycles. The Morgan fingerprint density at radius 1 is 1.21 bits per heavy atom. The maximum atomic E-state index is 3.71. The fraction of sp³-hybridized carbons (Fsp3) is 1.00. The zero-order chi connectivity index (χ0) is 9.97. The fourth-order valence-corrected chi connectivity index (χ4v) is 2.38. The van der Waals surface area contributed by atoms with Gasteiger partial charge in [0, 0.05) is 6.04 Å². The molecule has 1 heterocycles. The normalized spacial score (nSPS) is 27.9. The lowest BCUT2D eigenvalue weighted by Crippen LogP contribution is -2.38. The maximum Gasteiger partial charge on any atom is 0.00671 e. The van der Waals surface area contributed by atoms with Crippen LogP contribution in [0.3, 0.4) is 0 Å². The average Bonchev–Trinajstić information content (AvgIpc) is 3.00. The molecule has 2 aliphatic rings. The number of hydrogen-bond donors (Lipinski definition) is 1. The second-order valence-electron chi connectivity index (χ2n) is 5.28. The minimum atomic E-state index is 0.773. The van der Waals surface area contributed by atoms with Crippen molar-refractivity contribution >= 4 is 0 Å². The SMILES string of the molecule is CC(NCC1CCN(C)CC1)C1CC1. The molecule has 0 aromatic heterocycles. The third kappa shape index (κ3) is 2.96. The van der Waals surface area contributed by atoms with Gasteiger partial charge in [0.1, 0.15) is 0 Å². The molecule has 1 atom stereocenters. The molecule has 0 aromatic carbocycles. The Balaban J connectivity index is 1.60. The smallest absolute Gasteiger partial charge is 0.00671 e. The Morgan fingerprint density at radius 2 is 1.86 bits per heavy atom. The summed E-state index contributed by atoms with van der Waals surface area (Å²) in [6, 6.07) is 0.773.